The monoisotopic (exact) mass is 414 g/mol. The number of carbonyl (C=O) groups is 3. The van der Waals surface area contributed by atoms with Crippen LogP contribution in [0.3, 0.4) is 0 Å². The van der Waals surface area contributed by atoms with Crippen LogP contribution < -0.4 is 0 Å². The molecule has 0 spiro atoms. The first-order chi connectivity index (χ1) is 14.2. The molecular formula is C24H30O6. The first-order valence-corrected chi connectivity index (χ1v) is 9.57. The number of allylic oxidation sites excluding steroid dienone is 3. The van der Waals surface area contributed by atoms with E-state index in [2.05, 4.69) is 6.58 Å². The zero-order valence-corrected chi connectivity index (χ0v) is 17.8. The Morgan fingerprint density at radius 2 is 1.63 bits per heavy atom. The minimum atomic E-state index is -0.993. The van der Waals surface area contributed by atoms with Gasteiger partial charge in [0.15, 0.2) is 0 Å². The van der Waals surface area contributed by atoms with E-state index < -0.39 is 17.9 Å². The summed E-state index contributed by atoms with van der Waals surface area (Å²) in [6, 6.07) is 9.73. The predicted molar refractivity (Wildman–Crippen MR) is 118 cm³/mol. The van der Waals surface area contributed by atoms with Crippen molar-refractivity contribution >= 4 is 24.0 Å². The highest BCUT2D eigenvalue weighted by Gasteiger charge is 2.07. The molecule has 30 heavy (non-hydrogen) atoms. The van der Waals surface area contributed by atoms with Gasteiger partial charge in [-0.2, -0.15) is 0 Å². The van der Waals surface area contributed by atoms with E-state index in [9.17, 15) is 14.4 Å². The lowest BCUT2D eigenvalue weighted by molar-refractivity contribution is -0.139. The van der Waals surface area contributed by atoms with Crippen molar-refractivity contribution in [1.29, 1.82) is 0 Å². The summed E-state index contributed by atoms with van der Waals surface area (Å²) < 4.78 is 4.92. The molecular weight excluding hydrogens is 384 g/mol. The van der Waals surface area contributed by atoms with Gasteiger partial charge in [0.1, 0.15) is 0 Å². The van der Waals surface area contributed by atoms with Gasteiger partial charge < -0.3 is 14.9 Å². The van der Waals surface area contributed by atoms with Crippen LogP contribution >= 0.6 is 0 Å². The molecule has 0 amide bonds. The Balaban J connectivity index is 0.000000564. The molecule has 0 bridgehead atoms. The molecule has 0 fully saturated rings. The van der Waals surface area contributed by atoms with Crippen molar-refractivity contribution in [2.45, 2.75) is 40.0 Å². The van der Waals surface area contributed by atoms with E-state index in [1.54, 1.807) is 19.1 Å². The van der Waals surface area contributed by atoms with Gasteiger partial charge in [0.05, 0.1) is 6.61 Å². The van der Waals surface area contributed by atoms with Crippen LogP contribution in [0.25, 0.3) is 6.08 Å². The molecule has 0 aromatic heterocycles. The fourth-order valence-corrected chi connectivity index (χ4v) is 1.80. The van der Waals surface area contributed by atoms with Crippen molar-refractivity contribution in [2.24, 2.45) is 0 Å². The van der Waals surface area contributed by atoms with Gasteiger partial charge in [0.2, 0.25) is 0 Å². The fourth-order valence-electron chi connectivity index (χ4n) is 1.80. The number of ether oxygens (including phenoxy) is 1. The van der Waals surface area contributed by atoms with Crippen molar-refractivity contribution < 1.29 is 29.3 Å². The van der Waals surface area contributed by atoms with Crippen LogP contribution in [0.1, 0.15) is 45.6 Å². The van der Waals surface area contributed by atoms with Gasteiger partial charge in [-0.05, 0) is 32.3 Å². The van der Waals surface area contributed by atoms with E-state index in [1.165, 1.54) is 13.0 Å². The molecule has 0 aliphatic carbocycles. The number of benzene rings is 1. The van der Waals surface area contributed by atoms with E-state index in [-0.39, 0.29) is 17.6 Å². The van der Waals surface area contributed by atoms with Crippen LogP contribution in [0.15, 0.2) is 71.9 Å². The molecule has 0 saturated carbocycles. The van der Waals surface area contributed by atoms with E-state index in [0.717, 1.165) is 18.4 Å². The number of carboxylic acid groups (broad SMARTS) is 2. The minimum Gasteiger partial charge on any atom is -0.478 e. The van der Waals surface area contributed by atoms with Gasteiger partial charge in [-0.15, -0.1) is 0 Å². The molecule has 1 aromatic carbocycles. The number of esters is 1. The van der Waals surface area contributed by atoms with Gasteiger partial charge in [-0.1, -0.05) is 74.6 Å². The van der Waals surface area contributed by atoms with Crippen molar-refractivity contribution in [3.63, 3.8) is 0 Å². The van der Waals surface area contributed by atoms with Gasteiger partial charge >= 0.3 is 17.9 Å². The third-order valence-electron chi connectivity index (χ3n) is 3.78. The molecule has 0 saturated heterocycles. The number of carbonyl (C=O) groups excluding carboxylic acids is 1. The predicted octanol–water partition coefficient (Wildman–Crippen LogP) is 5.04. The second-order valence-corrected chi connectivity index (χ2v) is 6.41. The van der Waals surface area contributed by atoms with Crippen LogP contribution in [0.2, 0.25) is 0 Å². The summed E-state index contributed by atoms with van der Waals surface area (Å²) in [5.74, 6) is -2.34. The van der Waals surface area contributed by atoms with Gasteiger partial charge in [-0.25, -0.2) is 14.4 Å². The zero-order valence-electron chi connectivity index (χ0n) is 17.8. The van der Waals surface area contributed by atoms with Gasteiger partial charge in [0, 0.05) is 16.7 Å². The molecule has 0 heterocycles. The molecule has 6 heteroatoms. The normalized spacial score (nSPS) is 11.4. The van der Waals surface area contributed by atoms with E-state index in [1.807, 2.05) is 43.3 Å². The lowest BCUT2D eigenvalue weighted by Gasteiger charge is -2.04. The Hall–Kier alpha value is -3.41. The highest BCUT2D eigenvalue weighted by Crippen LogP contribution is 2.06. The zero-order chi connectivity index (χ0) is 22.9. The lowest BCUT2D eigenvalue weighted by atomic mass is 10.1. The summed E-state index contributed by atoms with van der Waals surface area (Å²) in [5, 5.41) is 17.2. The number of hydrogen-bond donors (Lipinski definition) is 2. The van der Waals surface area contributed by atoms with Crippen molar-refractivity contribution in [1.82, 2.24) is 0 Å². The third kappa shape index (κ3) is 12.9. The summed E-state index contributed by atoms with van der Waals surface area (Å²) in [6.07, 6.45) is 8.62. The number of carboxylic acids is 2. The summed E-state index contributed by atoms with van der Waals surface area (Å²) in [4.78, 5) is 32.2. The average molecular weight is 414 g/mol. The maximum absolute atomic E-state index is 11.3. The SMILES string of the molecule is C=C(CC=C(C)C(=O)O)C(=O)OCCCC.CC(=CC=Cc1ccccc1)C(=O)O. The standard InChI is InChI=1S/C12H18O4.C12H12O2/c1-4-5-8-16-12(15)10(3)7-6-9(2)11(13)14;1-10(12(13)14)6-5-9-11-7-3-2-4-8-11/h6H,3-5,7-8H2,1-2H3,(H,13,14);2-9H,1H3,(H,13,14). The summed E-state index contributed by atoms with van der Waals surface area (Å²) >= 11 is 0. The second-order valence-electron chi connectivity index (χ2n) is 6.41. The Bertz CT molecular complexity index is 800. The van der Waals surface area contributed by atoms with Crippen molar-refractivity contribution in [2.75, 3.05) is 6.61 Å². The first-order valence-electron chi connectivity index (χ1n) is 9.57. The van der Waals surface area contributed by atoms with Crippen LogP contribution in [0, 0.1) is 0 Å². The van der Waals surface area contributed by atoms with Gasteiger partial charge in [-0.3, -0.25) is 0 Å². The maximum Gasteiger partial charge on any atom is 0.333 e. The summed E-state index contributed by atoms with van der Waals surface area (Å²) in [7, 11) is 0. The van der Waals surface area contributed by atoms with Crippen molar-refractivity contribution in [3.05, 3.63) is 77.4 Å². The molecule has 0 aliphatic heterocycles. The average Bonchev–Trinajstić information content (AvgIpc) is 2.72. The maximum atomic E-state index is 11.3. The highest BCUT2D eigenvalue weighted by atomic mass is 16.5. The van der Waals surface area contributed by atoms with Crippen LogP contribution in [0.5, 0.6) is 0 Å². The first kappa shape index (κ1) is 26.6. The molecule has 162 valence electrons. The summed E-state index contributed by atoms with van der Waals surface area (Å²) in [5.41, 5.74) is 1.86. The minimum absolute atomic E-state index is 0.197. The number of unbranched alkanes of at least 4 members (excludes halogenated alkanes) is 1. The molecule has 0 unspecified atom stereocenters. The molecule has 1 rings (SSSR count). The third-order valence-corrected chi connectivity index (χ3v) is 3.78. The molecule has 0 aliphatic rings. The number of hydrogen-bond acceptors (Lipinski definition) is 4. The number of rotatable bonds is 10. The second kappa shape index (κ2) is 15.5. The highest BCUT2D eigenvalue weighted by molar-refractivity contribution is 5.89. The lowest BCUT2D eigenvalue weighted by Crippen LogP contribution is -2.08. The largest absolute Gasteiger partial charge is 0.478 e. The Kier molecular flexibility index (Phi) is 13.7. The Morgan fingerprint density at radius 3 is 2.17 bits per heavy atom. The van der Waals surface area contributed by atoms with Gasteiger partial charge in [0.25, 0.3) is 0 Å². The molecule has 1 aromatic rings. The van der Waals surface area contributed by atoms with E-state index >= 15 is 0 Å². The van der Waals surface area contributed by atoms with Crippen LogP contribution in [0.4, 0.5) is 0 Å². The van der Waals surface area contributed by atoms with E-state index in [4.69, 9.17) is 14.9 Å². The van der Waals surface area contributed by atoms with Crippen molar-refractivity contribution in [3.8, 4) is 0 Å². The molecule has 0 atom stereocenters. The number of aliphatic carboxylic acids is 2. The molecule has 2 N–H and O–H groups in total. The smallest absolute Gasteiger partial charge is 0.333 e. The topological polar surface area (TPSA) is 101 Å². The molecule has 0 radical (unpaired) electrons. The fraction of sp³-hybridized carbons (Fsp3) is 0.292. The summed E-state index contributed by atoms with van der Waals surface area (Å²) in [6.45, 7) is 8.98. The van der Waals surface area contributed by atoms with Crippen LogP contribution in [-0.2, 0) is 19.1 Å². The van der Waals surface area contributed by atoms with E-state index in [0.29, 0.717) is 12.2 Å². The Morgan fingerprint density at radius 1 is 1.03 bits per heavy atom. The molecule has 6 nitrogen and oxygen atoms in total. The quantitative estimate of drug-likeness (QED) is 0.241. The van der Waals surface area contributed by atoms with Crippen LogP contribution in [-0.4, -0.2) is 34.7 Å². The Labute approximate surface area is 177 Å².